The summed E-state index contributed by atoms with van der Waals surface area (Å²) in [7, 11) is 0. The molecular weight excluding hydrogens is 340 g/mol. The van der Waals surface area contributed by atoms with E-state index in [4.69, 9.17) is 10.7 Å². The molecule has 1 aliphatic rings. The highest BCUT2D eigenvalue weighted by molar-refractivity contribution is 5.82. The quantitative estimate of drug-likeness (QED) is 0.715. The number of likely N-dealkylation sites (N-methyl/N-ethyl adjacent to an activating group) is 1. The van der Waals surface area contributed by atoms with Gasteiger partial charge in [0.1, 0.15) is 0 Å². The van der Waals surface area contributed by atoms with Crippen molar-refractivity contribution in [1.82, 2.24) is 24.6 Å². The second-order valence-electron chi connectivity index (χ2n) is 6.90. The number of rotatable bonds is 5. The van der Waals surface area contributed by atoms with Crippen LogP contribution in [0.5, 0.6) is 0 Å². The highest BCUT2D eigenvalue weighted by atomic mass is 16.2. The van der Waals surface area contributed by atoms with Crippen molar-refractivity contribution >= 4 is 11.7 Å². The first-order valence-electron chi connectivity index (χ1n) is 9.32. The number of nitrogens with zero attached hydrogens (tertiary/aromatic N) is 4. The molecule has 4 rings (SSSR count). The normalized spacial score (nSPS) is 20.2. The minimum atomic E-state index is -0.217. The van der Waals surface area contributed by atoms with Gasteiger partial charge in [0.2, 0.25) is 11.7 Å². The molecule has 0 radical (unpaired) electrons. The summed E-state index contributed by atoms with van der Waals surface area (Å²) in [6, 6.07) is 11.7. The molecule has 1 aromatic carbocycles. The van der Waals surface area contributed by atoms with Crippen LogP contribution in [-0.2, 0) is 11.3 Å². The maximum absolute atomic E-state index is 12.5. The van der Waals surface area contributed by atoms with Crippen LogP contribution in [0.25, 0.3) is 17.0 Å². The predicted octanol–water partition coefficient (Wildman–Crippen LogP) is 1.43. The molecule has 2 atom stereocenters. The molecule has 0 aliphatic carbocycles. The zero-order valence-corrected chi connectivity index (χ0v) is 15.4. The molecule has 1 saturated heterocycles. The van der Waals surface area contributed by atoms with Gasteiger partial charge in [-0.3, -0.25) is 14.1 Å². The summed E-state index contributed by atoms with van der Waals surface area (Å²) in [4.78, 5) is 23.8. The number of amides is 1. The van der Waals surface area contributed by atoms with Gasteiger partial charge in [-0.1, -0.05) is 30.3 Å². The van der Waals surface area contributed by atoms with Crippen LogP contribution in [0.2, 0.25) is 0 Å². The molecule has 0 bridgehead atoms. The van der Waals surface area contributed by atoms with Crippen LogP contribution >= 0.6 is 0 Å². The van der Waals surface area contributed by atoms with E-state index in [0.717, 1.165) is 17.0 Å². The van der Waals surface area contributed by atoms with Crippen molar-refractivity contribution in [2.45, 2.75) is 32.0 Å². The Bertz CT molecular complexity index is 938. The van der Waals surface area contributed by atoms with Crippen molar-refractivity contribution < 1.29 is 4.79 Å². The van der Waals surface area contributed by atoms with Crippen molar-refractivity contribution in [2.75, 3.05) is 13.1 Å². The van der Waals surface area contributed by atoms with Gasteiger partial charge in [-0.05, 0) is 19.4 Å². The summed E-state index contributed by atoms with van der Waals surface area (Å²) < 4.78 is 2.00. The molecule has 0 unspecified atom stereocenters. The molecule has 1 aliphatic heterocycles. The zero-order valence-electron chi connectivity index (χ0n) is 15.4. The number of nitrogens with two attached hydrogens (primary N) is 1. The standard InChI is InChI=1S/C20H24N6O/c1-2-22-19(27)16-11-15(21)12-25(16)13-17-18(14-7-4-3-5-8-14)24-20-23-9-6-10-26(17)20/h3-10,15-16H,2,11-13,21H2,1H3,(H,22,27)/t15-,16-/m0/s1. The van der Waals surface area contributed by atoms with Crippen LogP contribution in [0.1, 0.15) is 19.0 Å². The third-order valence-corrected chi connectivity index (χ3v) is 4.99. The average molecular weight is 364 g/mol. The molecule has 1 amide bonds. The van der Waals surface area contributed by atoms with Crippen LogP contribution < -0.4 is 11.1 Å². The fourth-order valence-electron chi connectivity index (χ4n) is 3.78. The fraction of sp³-hybridized carbons (Fsp3) is 0.350. The molecule has 3 aromatic rings. The predicted molar refractivity (Wildman–Crippen MR) is 104 cm³/mol. The lowest BCUT2D eigenvalue weighted by molar-refractivity contribution is -0.125. The number of hydrogen-bond acceptors (Lipinski definition) is 5. The second-order valence-corrected chi connectivity index (χ2v) is 6.90. The van der Waals surface area contributed by atoms with Gasteiger partial charge in [-0.2, -0.15) is 0 Å². The van der Waals surface area contributed by atoms with Crippen LogP contribution in [0.15, 0.2) is 48.8 Å². The summed E-state index contributed by atoms with van der Waals surface area (Å²) >= 11 is 0. The van der Waals surface area contributed by atoms with E-state index >= 15 is 0 Å². The monoisotopic (exact) mass is 364 g/mol. The van der Waals surface area contributed by atoms with E-state index in [-0.39, 0.29) is 18.0 Å². The number of hydrogen-bond donors (Lipinski definition) is 2. The SMILES string of the molecule is CCNC(=O)[C@@H]1C[C@H](N)CN1Cc1c(-c2ccccc2)nc2ncccn12. The van der Waals surface area contributed by atoms with E-state index in [2.05, 4.69) is 15.2 Å². The minimum absolute atomic E-state index is 0.00454. The van der Waals surface area contributed by atoms with E-state index in [0.29, 0.717) is 31.8 Å². The van der Waals surface area contributed by atoms with Crippen LogP contribution in [-0.4, -0.2) is 50.3 Å². The fourth-order valence-corrected chi connectivity index (χ4v) is 3.78. The molecule has 7 nitrogen and oxygen atoms in total. The van der Waals surface area contributed by atoms with E-state index < -0.39 is 0 Å². The number of imidazole rings is 1. The molecule has 7 heteroatoms. The van der Waals surface area contributed by atoms with Gasteiger partial charge >= 0.3 is 0 Å². The van der Waals surface area contributed by atoms with Gasteiger partial charge in [0.25, 0.3) is 0 Å². The maximum Gasteiger partial charge on any atom is 0.237 e. The van der Waals surface area contributed by atoms with E-state index in [9.17, 15) is 4.79 Å². The Morgan fingerprint density at radius 2 is 2.11 bits per heavy atom. The van der Waals surface area contributed by atoms with Gasteiger partial charge in [0.05, 0.1) is 17.4 Å². The number of likely N-dealkylation sites (tertiary alicyclic amines) is 1. The van der Waals surface area contributed by atoms with Gasteiger partial charge in [-0.15, -0.1) is 0 Å². The van der Waals surface area contributed by atoms with E-state index in [1.807, 2.05) is 53.9 Å². The lowest BCUT2D eigenvalue weighted by Crippen LogP contribution is -2.43. The number of benzene rings is 1. The van der Waals surface area contributed by atoms with Gasteiger partial charge in [0, 0.05) is 43.6 Å². The van der Waals surface area contributed by atoms with Crippen molar-refractivity contribution in [3.63, 3.8) is 0 Å². The van der Waals surface area contributed by atoms with E-state index in [1.54, 1.807) is 6.20 Å². The number of carbonyl (C=O) groups excluding carboxylic acids is 1. The molecule has 2 aromatic heterocycles. The summed E-state index contributed by atoms with van der Waals surface area (Å²) in [5.41, 5.74) is 9.14. The Morgan fingerprint density at radius 3 is 2.89 bits per heavy atom. The number of aromatic nitrogens is 3. The molecule has 0 spiro atoms. The first-order chi connectivity index (χ1) is 13.2. The Hall–Kier alpha value is -2.77. The summed E-state index contributed by atoms with van der Waals surface area (Å²) in [5, 5.41) is 2.93. The zero-order chi connectivity index (χ0) is 18.8. The smallest absolute Gasteiger partial charge is 0.237 e. The van der Waals surface area contributed by atoms with E-state index in [1.165, 1.54) is 0 Å². The second kappa shape index (κ2) is 7.46. The maximum atomic E-state index is 12.5. The van der Waals surface area contributed by atoms with Gasteiger partial charge < -0.3 is 11.1 Å². The third-order valence-electron chi connectivity index (χ3n) is 4.99. The van der Waals surface area contributed by atoms with Crippen LogP contribution in [0.4, 0.5) is 0 Å². The molecule has 140 valence electrons. The number of fused-ring (bicyclic) bond motifs is 1. The van der Waals surface area contributed by atoms with Crippen LogP contribution in [0, 0.1) is 0 Å². The van der Waals surface area contributed by atoms with Gasteiger partial charge in [-0.25, -0.2) is 9.97 Å². The molecular formula is C20H24N6O. The molecule has 3 N–H and O–H groups in total. The lowest BCUT2D eigenvalue weighted by atomic mass is 10.1. The Kier molecular flexibility index (Phi) is 4.87. The molecule has 1 fully saturated rings. The summed E-state index contributed by atoms with van der Waals surface area (Å²) in [6.07, 6.45) is 4.37. The molecule has 27 heavy (non-hydrogen) atoms. The Morgan fingerprint density at radius 1 is 1.30 bits per heavy atom. The highest BCUT2D eigenvalue weighted by Gasteiger charge is 2.36. The largest absolute Gasteiger partial charge is 0.355 e. The number of nitrogens with one attached hydrogen (secondary N) is 1. The first kappa shape index (κ1) is 17.6. The van der Waals surface area contributed by atoms with Crippen molar-refractivity contribution in [2.24, 2.45) is 5.73 Å². The molecule has 3 heterocycles. The topological polar surface area (TPSA) is 88.5 Å². The third kappa shape index (κ3) is 3.43. The van der Waals surface area contributed by atoms with Crippen molar-refractivity contribution in [1.29, 1.82) is 0 Å². The summed E-state index contributed by atoms with van der Waals surface area (Å²) in [5.74, 6) is 0.697. The Balaban J connectivity index is 1.73. The van der Waals surface area contributed by atoms with Crippen LogP contribution in [0.3, 0.4) is 0 Å². The van der Waals surface area contributed by atoms with Crippen molar-refractivity contribution in [3.05, 3.63) is 54.5 Å². The highest BCUT2D eigenvalue weighted by Crippen LogP contribution is 2.27. The minimum Gasteiger partial charge on any atom is -0.355 e. The first-order valence-corrected chi connectivity index (χ1v) is 9.32. The van der Waals surface area contributed by atoms with Crippen molar-refractivity contribution in [3.8, 4) is 11.3 Å². The summed E-state index contributed by atoms with van der Waals surface area (Å²) in [6.45, 7) is 3.82. The number of carbonyl (C=O) groups is 1. The average Bonchev–Trinajstić information content (AvgIpc) is 3.24. The Labute approximate surface area is 158 Å². The lowest BCUT2D eigenvalue weighted by Gasteiger charge is -2.23. The van der Waals surface area contributed by atoms with Gasteiger partial charge in [0.15, 0.2) is 0 Å². The molecule has 0 saturated carbocycles.